The van der Waals surface area contributed by atoms with Gasteiger partial charge in [0.15, 0.2) is 5.03 Å². The summed E-state index contributed by atoms with van der Waals surface area (Å²) in [7, 11) is 1.15. The van der Waals surface area contributed by atoms with E-state index in [0.29, 0.717) is 17.3 Å². The van der Waals surface area contributed by atoms with E-state index in [4.69, 9.17) is 48.3 Å². The Morgan fingerprint density at radius 3 is 2.26 bits per heavy atom. The molecule has 20 heteroatoms. The number of aromatic nitrogens is 5. The van der Waals surface area contributed by atoms with Crippen LogP contribution in [-0.2, 0) is 15.4 Å². The van der Waals surface area contributed by atoms with Crippen LogP contribution in [0.5, 0.6) is 17.5 Å². The van der Waals surface area contributed by atoms with Crippen LogP contribution in [0.2, 0.25) is 10.0 Å². The molecular weight excluding hydrogens is 719 g/mol. The van der Waals surface area contributed by atoms with Gasteiger partial charge in [-0.25, -0.2) is 19.3 Å². The molecule has 0 spiro atoms. The molecule has 0 atom stereocenters. The monoisotopic (exact) mass is 750 g/mol. The van der Waals surface area contributed by atoms with Crippen molar-refractivity contribution in [3.05, 3.63) is 68.6 Å². The fraction of sp³-hybridized carbons (Fsp3) is 0.300. The van der Waals surface area contributed by atoms with Crippen molar-refractivity contribution in [3.63, 3.8) is 0 Å². The summed E-state index contributed by atoms with van der Waals surface area (Å²) in [5.74, 6) is 1.65. The van der Waals surface area contributed by atoms with E-state index in [-0.39, 0.29) is 39.9 Å². The Hall–Kier alpha value is -5.38. The SMILES string of the molecule is C#CCOc1cc(-n2nc(C(C)(C)C)oc2=O)c(Cl)cc1Cl.COc1cc(OC)nc(NC(=O)NS(=O)(=O)c2ncccc2C(=O)N(C)C)n1. The number of carbonyl (C=O) groups excluding carboxylic acids is 2. The lowest BCUT2D eigenvalue weighted by molar-refractivity contribution is 0.0823. The van der Waals surface area contributed by atoms with Gasteiger partial charge in [-0.05, 0) is 18.2 Å². The summed E-state index contributed by atoms with van der Waals surface area (Å²) < 4.78 is 48.3. The fourth-order valence-electron chi connectivity index (χ4n) is 3.62. The van der Waals surface area contributed by atoms with Crippen LogP contribution >= 0.6 is 23.2 Å². The third-order valence-electron chi connectivity index (χ3n) is 5.94. The number of benzene rings is 1. The number of methoxy groups -OCH3 is 2. The van der Waals surface area contributed by atoms with Gasteiger partial charge in [-0.3, -0.25) is 10.1 Å². The van der Waals surface area contributed by atoms with E-state index >= 15 is 0 Å². The van der Waals surface area contributed by atoms with E-state index in [2.05, 4.69) is 31.3 Å². The molecule has 1 aromatic carbocycles. The molecule has 2 N–H and O–H groups in total. The minimum Gasteiger partial charge on any atom is -0.481 e. The Morgan fingerprint density at radius 1 is 1.08 bits per heavy atom. The maximum absolute atomic E-state index is 12.5. The van der Waals surface area contributed by atoms with Crippen molar-refractivity contribution in [2.45, 2.75) is 31.2 Å². The second kappa shape index (κ2) is 16.3. The van der Waals surface area contributed by atoms with E-state index in [1.807, 2.05) is 20.8 Å². The molecule has 0 aliphatic carbocycles. The number of sulfonamides is 1. The van der Waals surface area contributed by atoms with E-state index in [9.17, 15) is 22.8 Å². The van der Waals surface area contributed by atoms with Crippen LogP contribution in [0.4, 0.5) is 10.7 Å². The topological polar surface area (TPSA) is 210 Å². The molecule has 0 radical (unpaired) electrons. The largest absolute Gasteiger partial charge is 0.481 e. The van der Waals surface area contributed by atoms with Gasteiger partial charge in [-0.15, -0.1) is 11.5 Å². The Kier molecular flexibility index (Phi) is 12.8. The standard InChI is InChI=1S/C15H14Cl2N2O3.C15H18N6O6S/c1-5-6-21-12-8-11(9(16)7-10(12)17)19-14(20)22-13(18-19)15(2,3)4;1-21(2)13(22)9-6-5-7-16-12(9)28(24,25)20-15(23)19-14-17-10(26-3)8-11(18-14)27-4/h1,7-8H,6H2,2-4H3;5-8H,1-4H3,(H2,17,18,19,20,23). The molecule has 3 aromatic heterocycles. The molecule has 0 saturated carbocycles. The zero-order chi connectivity index (χ0) is 37.4. The summed E-state index contributed by atoms with van der Waals surface area (Å²) in [4.78, 5) is 48.9. The van der Waals surface area contributed by atoms with Crippen LogP contribution in [0.15, 0.2) is 50.8 Å². The lowest BCUT2D eigenvalue weighted by atomic mass is 9.97. The number of nitrogens with one attached hydrogen (secondary N) is 2. The molecule has 3 heterocycles. The fourth-order valence-corrected chi connectivity index (χ4v) is 5.17. The first-order valence-corrected chi connectivity index (χ1v) is 16.3. The van der Waals surface area contributed by atoms with Gasteiger partial charge in [0.05, 0.1) is 41.6 Å². The highest BCUT2D eigenvalue weighted by Crippen LogP contribution is 2.33. The number of hydrogen-bond donors (Lipinski definition) is 2. The number of amides is 3. The van der Waals surface area contributed by atoms with Crippen molar-refractivity contribution in [3.8, 4) is 35.5 Å². The van der Waals surface area contributed by atoms with Crippen LogP contribution in [-0.4, -0.2) is 84.9 Å². The number of terminal acetylenes is 1. The summed E-state index contributed by atoms with van der Waals surface area (Å²) in [6.45, 7) is 5.69. The number of nitrogens with zero attached hydrogens (tertiary/aromatic N) is 6. The van der Waals surface area contributed by atoms with E-state index in [1.165, 1.54) is 69.7 Å². The number of anilines is 1. The van der Waals surface area contributed by atoms with Gasteiger partial charge in [-0.2, -0.15) is 23.1 Å². The van der Waals surface area contributed by atoms with Crippen LogP contribution in [0.1, 0.15) is 37.0 Å². The van der Waals surface area contributed by atoms with Gasteiger partial charge in [-0.1, -0.05) is 49.9 Å². The number of hydrogen-bond acceptors (Lipinski definition) is 13. The highest BCUT2D eigenvalue weighted by atomic mass is 35.5. The Morgan fingerprint density at radius 2 is 1.72 bits per heavy atom. The third kappa shape index (κ3) is 9.84. The Bertz CT molecular complexity index is 2070. The van der Waals surface area contributed by atoms with Gasteiger partial charge < -0.3 is 23.5 Å². The first kappa shape index (κ1) is 39.1. The highest BCUT2D eigenvalue weighted by Gasteiger charge is 2.27. The van der Waals surface area contributed by atoms with E-state index < -0.39 is 38.2 Å². The summed E-state index contributed by atoms with van der Waals surface area (Å²) in [5.41, 5.74) is -0.291. The molecule has 4 rings (SSSR count). The maximum Gasteiger partial charge on any atom is 0.442 e. The number of pyridine rings is 1. The third-order valence-corrected chi connectivity index (χ3v) is 7.83. The molecular formula is C30H32Cl2N8O9S. The molecule has 0 fully saturated rings. The number of carbonyl (C=O) groups is 2. The lowest BCUT2D eigenvalue weighted by Gasteiger charge is -2.14. The average molecular weight is 752 g/mol. The Balaban J connectivity index is 0.000000278. The van der Waals surface area contributed by atoms with Gasteiger partial charge in [0.25, 0.3) is 15.9 Å². The minimum atomic E-state index is -4.46. The summed E-state index contributed by atoms with van der Waals surface area (Å²) in [6, 6.07) is 5.86. The molecule has 3 amide bonds. The number of rotatable bonds is 9. The van der Waals surface area contributed by atoms with Crippen molar-refractivity contribution < 1.29 is 36.6 Å². The first-order chi connectivity index (χ1) is 23.4. The molecule has 4 aromatic rings. The zero-order valence-electron chi connectivity index (χ0n) is 27.8. The first-order valence-electron chi connectivity index (χ1n) is 14.1. The summed E-state index contributed by atoms with van der Waals surface area (Å²) >= 11 is 12.2. The van der Waals surface area contributed by atoms with Crippen molar-refractivity contribution in [1.29, 1.82) is 0 Å². The summed E-state index contributed by atoms with van der Waals surface area (Å²) in [5, 5.41) is 6.27. The Labute approximate surface area is 296 Å². The lowest BCUT2D eigenvalue weighted by Crippen LogP contribution is -2.36. The molecule has 0 bridgehead atoms. The molecule has 0 aliphatic rings. The van der Waals surface area contributed by atoms with E-state index in [0.717, 1.165) is 4.68 Å². The second-order valence-corrected chi connectivity index (χ2v) is 13.4. The van der Waals surface area contributed by atoms with Crippen LogP contribution in [0.25, 0.3) is 5.69 Å². The predicted octanol–water partition coefficient (Wildman–Crippen LogP) is 3.54. The number of ether oxygens (including phenoxy) is 3. The normalized spacial score (nSPS) is 11.0. The smallest absolute Gasteiger partial charge is 0.442 e. The molecule has 17 nitrogen and oxygen atoms in total. The van der Waals surface area contributed by atoms with Gasteiger partial charge >= 0.3 is 11.8 Å². The van der Waals surface area contributed by atoms with Crippen molar-refractivity contribution >= 4 is 51.1 Å². The summed E-state index contributed by atoms with van der Waals surface area (Å²) in [6.07, 6.45) is 6.34. The highest BCUT2D eigenvalue weighted by molar-refractivity contribution is 7.90. The van der Waals surface area contributed by atoms with Crippen molar-refractivity contribution in [1.82, 2.24) is 34.4 Å². The quantitative estimate of drug-likeness (QED) is 0.235. The maximum atomic E-state index is 12.5. The van der Waals surface area contributed by atoms with Gasteiger partial charge in [0, 0.05) is 31.8 Å². The number of halogens is 2. The van der Waals surface area contributed by atoms with Crippen molar-refractivity contribution in [2.24, 2.45) is 0 Å². The zero-order valence-corrected chi connectivity index (χ0v) is 30.1. The van der Waals surface area contributed by atoms with Crippen molar-refractivity contribution in [2.75, 3.05) is 40.2 Å². The van der Waals surface area contributed by atoms with Gasteiger partial charge in [0.1, 0.15) is 12.4 Å². The van der Waals surface area contributed by atoms with Crippen LogP contribution < -0.4 is 30.0 Å². The number of urea groups is 1. The second-order valence-electron chi connectivity index (χ2n) is 11.0. The molecule has 266 valence electrons. The average Bonchev–Trinajstić information content (AvgIpc) is 3.45. The van der Waals surface area contributed by atoms with E-state index in [1.54, 1.807) is 4.72 Å². The molecule has 0 saturated heterocycles. The van der Waals surface area contributed by atoms with Crippen LogP contribution in [0.3, 0.4) is 0 Å². The molecule has 50 heavy (non-hydrogen) atoms. The minimum absolute atomic E-state index is 0.0434. The van der Waals surface area contributed by atoms with Gasteiger partial charge in [0.2, 0.25) is 23.6 Å². The van der Waals surface area contributed by atoms with Crippen LogP contribution in [0, 0.1) is 12.3 Å². The molecule has 0 unspecified atom stereocenters. The molecule has 0 aliphatic heterocycles. The predicted molar refractivity (Wildman–Crippen MR) is 182 cm³/mol.